The van der Waals surface area contributed by atoms with Crippen LogP contribution in [0.5, 0.6) is 0 Å². The van der Waals surface area contributed by atoms with Crippen molar-refractivity contribution in [2.45, 2.75) is 25.2 Å². The van der Waals surface area contributed by atoms with E-state index in [9.17, 15) is 9.59 Å². The van der Waals surface area contributed by atoms with Crippen molar-refractivity contribution in [1.82, 2.24) is 5.32 Å². The van der Waals surface area contributed by atoms with Gasteiger partial charge in [-0.3, -0.25) is 4.79 Å². The predicted molar refractivity (Wildman–Crippen MR) is 101 cm³/mol. The Hall–Kier alpha value is -2.27. The third-order valence-electron chi connectivity index (χ3n) is 3.81. The Bertz CT molecular complexity index is 716. The van der Waals surface area contributed by atoms with E-state index in [2.05, 4.69) is 17.4 Å². The summed E-state index contributed by atoms with van der Waals surface area (Å²) in [6, 6.07) is 15.6. The number of rotatable bonds is 8. The minimum absolute atomic E-state index is 0.252. The lowest BCUT2D eigenvalue weighted by atomic mass is 10.0. The Morgan fingerprint density at radius 1 is 1.04 bits per heavy atom. The summed E-state index contributed by atoms with van der Waals surface area (Å²) in [6.07, 6.45) is 0.857. The summed E-state index contributed by atoms with van der Waals surface area (Å²) in [4.78, 5) is 25.0. The Labute approximate surface area is 153 Å². The van der Waals surface area contributed by atoms with Crippen LogP contribution in [0.1, 0.15) is 27.9 Å². The number of carbonyl (C=O) groups is 2. The first-order valence-electron chi connectivity index (χ1n) is 8.26. The van der Waals surface area contributed by atoms with Gasteiger partial charge in [0.25, 0.3) is 5.91 Å². The van der Waals surface area contributed by atoms with Gasteiger partial charge >= 0.3 is 5.97 Å². The molecule has 0 bridgehead atoms. The zero-order valence-corrected chi connectivity index (χ0v) is 15.4. The number of hydrogen-bond acceptors (Lipinski definition) is 4. The zero-order valence-electron chi connectivity index (χ0n) is 14.6. The molecule has 0 radical (unpaired) electrons. The number of thioether (sulfide) groups is 1. The summed E-state index contributed by atoms with van der Waals surface area (Å²) < 4.78 is 5.10. The first-order chi connectivity index (χ1) is 12.1. The highest BCUT2D eigenvalue weighted by Crippen LogP contribution is 2.17. The van der Waals surface area contributed by atoms with Gasteiger partial charge in [0.1, 0.15) is 0 Å². The number of hydrogen-bond donors (Lipinski definition) is 1. The minimum Gasteiger partial charge on any atom is -0.452 e. The number of nitrogens with one attached hydrogen (secondary N) is 1. The highest BCUT2D eigenvalue weighted by Gasteiger charge is 2.13. The van der Waals surface area contributed by atoms with Crippen molar-refractivity contribution < 1.29 is 14.3 Å². The fraction of sp³-hybridized carbons (Fsp3) is 0.300. The molecule has 132 valence electrons. The standard InChI is InChI=1S/C20H23NO3S/c1-15-8-6-11-18(16(15)2)20(23)24-14-19(22)21-12-7-13-25-17-9-4-3-5-10-17/h3-6,8-11H,7,12-14H2,1-2H3,(H,21,22). The average molecular weight is 357 g/mol. The summed E-state index contributed by atoms with van der Waals surface area (Å²) in [5.74, 6) is 0.186. The third kappa shape index (κ3) is 6.27. The highest BCUT2D eigenvalue weighted by molar-refractivity contribution is 7.99. The van der Waals surface area contributed by atoms with Crippen molar-refractivity contribution in [1.29, 1.82) is 0 Å². The van der Waals surface area contributed by atoms with Crippen LogP contribution in [0.2, 0.25) is 0 Å². The molecule has 2 aromatic carbocycles. The van der Waals surface area contributed by atoms with E-state index in [1.807, 2.05) is 44.2 Å². The van der Waals surface area contributed by atoms with Crippen molar-refractivity contribution in [3.05, 3.63) is 65.2 Å². The second kappa shape index (κ2) is 9.89. The lowest BCUT2D eigenvalue weighted by molar-refractivity contribution is -0.124. The van der Waals surface area contributed by atoms with Crippen LogP contribution in [0.3, 0.4) is 0 Å². The van der Waals surface area contributed by atoms with Crippen LogP contribution in [-0.4, -0.2) is 30.8 Å². The van der Waals surface area contributed by atoms with Gasteiger partial charge in [0.15, 0.2) is 6.61 Å². The average Bonchev–Trinajstić information content (AvgIpc) is 2.62. The largest absolute Gasteiger partial charge is 0.452 e. The number of ether oxygens (including phenoxy) is 1. The van der Waals surface area contributed by atoms with E-state index in [-0.39, 0.29) is 12.5 Å². The molecule has 2 aromatic rings. The molecule has 0 atom stereocenters. The summed E-state index contributed by atoms with van der Waals surface area (Å²) in [6.45, 7) is 4.13. The van der Waals surface area contributed by atoms with Crippen LogP contribution >= 0.6 is 11.8 Å². The first-order valence-corrected chi connectivity index (χ1v) is 9.24. The van der Waals surface area contributed by atoms with Gasteiger partial charge in [-0.1, -0.05) is 30.3 Å². The molecule has 0 aromatic heterocycles. The summed E-state index contributed by atoms with van der Waals surface area (Å²) in [7, 11) is 0. The zero-order chi connectivity index (χ0) is 18.1. The minimum atomic E-state index is -0.462. The van der Waals surface area contributed by atoms with Crippen LogP contribution in [0, 0.1) is 13.8 Å². The molecule has 25 heavy (non-hydrogen) atoms. The van der Waals surface area contributed by atoms with E-state index in [1.165, 1.54) is 4.90 Å². The molecule has 4 nitrogen and oxygen atoms in total. The molecule has 0 saturated heterocycles. The number of aryl methyl sites for hydroxylation is 1. The molecule has 1 N–H and O–H groups in total. The van der Waals surface area contributed by atoms with Gasteiger partial charge in [-0.15, -0.1) is 11.8 Å². The number of esters is 1. The molecular formula is C20H23NO3S. The van der Waals surface area contributed by atoms with Crippen LogP contribution in [0.15, 0.2) is 53.4 Å². The molecule has 0 unspecified atom stereocenters. The molecule has 0 saturated carbocycles. The van der Waals surface area contributed by atoms with Crippen LogP contribution < -0.4 is 5.32 Å². The third-order valence-corrected chi connectivity index (χ3v) is 4.91. The molecule has 0 spiro atoms. The van der Waals surface area contributed by atoms with Crippen LogP contribution in [-0.2, 0) is 9.53 Å². The van der Waals surface area contributed by atoms with Crippen LogP contribution in [0.4, 0.5) is 0 Å². The fourth-order valence-electron chi connectivity index (χ4n) is 2.24. The van der Waals surface area contributed by atoms with Crippen molar-refractivity contribution in [3.8, 4) is 0 Å². The summed E-state index contributed by atoms with van der Waals surface area (Å²) in [5, 5.41) is 2.77. The lowest BCUT2D eigenvalue weighted by Crippen LogP contribution is -2.30. The van der Waals surface area contributed by atoms with E-state index in [0.717, 1.165) is 23.3 Å². The Balaban J connectivity index is 1.63. The summed E-state index contributed by atoms with van der Waals surface area (Å²) >= 11 is 1.75. The molecular weight excluding hydrogens is 334 g/mol. The van der Waals surface area contributed by atoms with E-state index in [0.29, 0.717) is 12.1 Å². The topological polar surface area (TPSA) is 55.4 Å². The number of carbonyl (C=O) groups excluding carboxylic acids is 2. The SMILES string of the molecule is Cc1cccc(C(=O)OCC(=O)NCCCSc2ccccc2)c1C. The Morgan fingerprint density at radius 2 is 1.80 bits per heavy atom. The molecule has 1 amide bonds. The highest BCUT2D eigenvalue weighted by atomic mass is 32.2. The predicted octanol–water partition coefficient (Wildman–Crippen LogP) is 3.76. The maximum absolute atomic E-state index is 12.0. The van der Waals surface area contributed by atoms with Crippen LogP contribution in [0.25, 0.3) is 0 Å². The normalized spacial score (nSPS) is 10.3. The second-order valence-electron chi connectivity index (χ2n) is 5.69. The molecule has 0 fully saturated rings. The van der Waals surface area contributed by atoms with E-state index in [4.69, 9.17) is 4.74 Å². The Kier molecular flexibility index (Phi) is 7.54. The van der Waals surface area contributed by atoms with Gasteiger partial charge in [-0.2, -0.15) is 0 Å². The maximum atomic E-state index is 12.0. The molecule has 5 heteroatoms. The summed E-state index contributed by atoms with van der Waals surface area (Å²) in [5.41, 5.74) is 2.41. The van der Waals surface area contributed by atoms with Gasteiger partial charge < -0.3 is 10.1 Å². The van der Waals surface area contributed by atoms with Gasteiger partial charge in [-0.05, 0) is 55.3 Å². The van der Waals surface area contributed by atoms with E-state index < -0.39 is 5.97 Å². The second-order valence-corrected chi connectivity index (χ2v) is 6.86. The number of amides is 1. The van der Waals surface area contributed by atoms with Gasteiger partial charge in [0, 0.05) is 11.4 Å². The maximum Gasteiger partial charge on any atom is 0.338 e. The Morgan fingerprint density at radius 3 is 2.56 bits per heavy atom. The molecule has 2 rings (SSSR count). The fourth-order valence-corrected chi connectivity index (χ4v) is 3.11. The van der Waals surface area contributed by atoms with Gasteiger partial charge in [-0.25, -0.2) is 4.79 Å². The smallest absolute Gasteiger partial charge is 0.338 e. The molecule has 0 aliphatic heterocycles. The monoisotopic (exact) mass is 357 g/mol. The van der Waals surface area contributed by atoms with Crippen molar-refractivity contribution in [2.24, 2.45) is 0 Å². The molecule has 0 aliphatic rings. The van der Waals surface area contributed by atoms with Crippen molar-refractivity contribution in [3.63, 3.8) is 0 Å². The van der Waals surface area contributed by atoms with Crippen molar-refractivity contribution >= 4 is 23.6 Å². The van der Waals surface area contributed by atoms with Gasteiger partial charge in [0.2, 0.25) is 0 Å². The lowest BCUT2D eigenvalue weighted by Gasteiger charge is -2.09. The van der Waals surface area contributed by atoms with E-state index in [1.54, 1.807) is 17.8 Å². The van der Waals surface area contributed by atoms with Crippen molar-refractivity contribution in [2.75, 3.05) is 18.9 Å². The quantitative estimate of drug-likeness (QED) is 0.444. The number of benzene rings is 2. The van der Waals surface area contributed by atoms with Gasteiger partial charge in [0.05, 0.1) is 5.56 Å². The molecule has 0 aliphatic carbocycles. The first kappa shape index (κ1) is 19.1. The molecule has 0 heterocycles. The van der Waals surface area contributed by atoms with E-state index >= 15 is 0 Å².